The van der Waals surface area contributed by atoms with E-state index in [0.29, 0.717) is 12.2 Å². The molecule has 0 saturated heterocycles. The summed E-state index contributed by atoms with van der Waals surface area (Å²) in [7, 11) is 0. The number of benzene rings is 1. The molecule has 0 bridgehead atoms. The second-order valence-electron chi connectivity index (χ2n) is 5.86. The van der Waals surface area contributed by atoms with Gasteiger partial charge < -0.3 is 5.32 Å². The molecule has 0 aliphatic heterocycles. The molecule has 5 heteroatoms. The Morgan fingerprint density at radius 1 is 0.885 bits per heavy atom. The van der Waals surface area contributed by atoms with Gasteiger partial charge in [-0.2, -0.15) is 0 Å². The van der Waals surface area contributed by atoms with E-state index in [1.54, 1.807) is 30.9 Å². The Balaban J connectivity index is 1.65. The van der Waals surface area contributed by atoms with E-state index in [1.807, 2.05) is 48.5 Å². The highest BCUT2D eigenvalue weighted by Gasteiger charge is 2.11. The van der Waals surface area contributed by atoms with Crippen molar-refractivity contribution in [1.29, 1.82) is 0 Å². The van der Waals surface area contributed by atoms with E-state index >= 15 is 0 Å². The van der Waals surface area contributed by atoms with Crippen LogP contribution in [0.3, 0.4) is 0 Å². The average molecular weight is 340 g/mol. The highest BCUT2D eigenvalue weighted by atomic mass is 16.1. The molecule has 4 rings (SSSR count). The molecule has 0 aliphatic rings. The van der Waals surface area contributed by atoms with Crippen LogP contribution in [0.15, 0.2) is 79.4 Å². The zero-order valence-electron chi connectivity index (χ0n) is 14.0. The van der Waals surface area contributed by atoms with Crippen LogP contribution in [0.1, 0.15) is 16.1 Å². The van der Waals surface area contributed by atoms with Gasteiger partial charge >= 0.3 is 0 Å². The third-order valence-corrected chi connectivity index (χ3v) is 4.12. The number of nitrogens with zero attached hydrogens (tertiary/aromatic N) is 3. The van der Waals surface area contributed by atoms with Gasteiger partial charge in [0, 0.05) is 42.3 Å². The van der Waals surface area contributed by atoms with Crippen LogP contribution in [0.4, 0.5) is 0 Å². The first-order chi connectivity index (χ1) is 12.8. The smallest absolute Gasteiger partial charge is 0.270 e. The van der Waals surface area contributed by atoms with E-state index in [0.717, 1.165) is 27.6 Å². The van der Waals surface area contributed by atoms with Gasteiger partial charge in [0.15, 0.2) is 0 Å². The van der Waals surface area contributed by atoms with Gasteiger partial charge in [-0.25, -0.2) is 4.98 Å². The summed E-state index contributed by atoms with van der Waals surface area (Å²) >= 11 is 0. The summed E-state index contributed by atoms with van der Waals surface area (Å²) in [4.78, 5) is 25.4. The predicted octanol–water partition coefficient (Wildman–Crippen LogP) is 3.62. The van der Waals surface area contributed by atoms with E-state index in [9.17, 15) is 4.79 Å². The van der Waals surface area contributed by atoms with Crippen molar-refractivity contribution in [2.75, 3.05) is 0 Å². The van der Waals surface area contributed by atoms with Gasteiger partial charge in [-0.1, -0.05) is 30.3 Å². The summed E-state index contributed by atoms with van der Waals surface area (Å²) in [6, 6.07) is 17.3. The highest BCUT2D eigenvalue weighted by Crippen LogP contribution is 2.26. The third kappa shape index (κ3) is 3.28. The second-order valence-corrected chi connectivity index (χ2v) is 5.86. The molecular formula is C21H16N4O. The lowest BCUT2D eigenvalue weighted by atomic mass is 10.0. The van der Waals surface area contributed by atoms with Crippen LogP contribution >= 0.6 is 0 Å². The monoisotopic (exact) mass is 340 g/mol. The minimum Gasteiger partial charge on any atom is -0.347 e. The lowest BCUT2D eigenvalue weighted by Crippen LogP contribution is -2.23. The standard InChI is InChI=1S/C21H16N4O/c26-21(24-12-15-8-10-22-11-9-15)19-7-6-17-13-23-14-18(20(17)25-19)16-4-2-1-3-5-16/h1-11,13-14H,12H2,(H,24,26). The van der Waals surface area contributed by atoms with Crippen LogP contribution in [0, 0.1) is 0 Å². The molecule has 1 aromatic carbocycles. The van der Waals surface area contributed by atoms with Crippen molar-refractivity contribution in [2.45, 2.75) is 6.54 Å². The largest absolute Gasteiger partial charge is 0.347 e. The van der Waals surface area contributed by atoms with Gasteiger partial charge in [0.25, 0.3) is 5.91 Å². The molecule has 1 N–H and O–H groups in total. The number of fused-ring (bicyclic) bond motifs is 1. The van der Waals surface area contributed by atoms with Crippen LogP contribution in [0.5, 0.6) is 0 Å². The molecule has 1 amide bonds. The molecule has 0 atom stereocenters. The summed E-state index contributed by atoms with van der Waals surface area (Å²) in [6.07, 6.45) is 6.94. The number of carbonyl (C=O) groups is 1. The van der Waals surface area contributed by atoms with Crippen molar-refractivity contribution in [3.8, 4) is 11.1 Å². The van der Waals surface area contributed by atoms with Gasteiger partial charge in [0.2, 0.25) is 0 Å². The first-order valence-corrected chi connectivity index (χ1v) is 8.28. The summed E-state index contributed by atoms with van der Waals surface area (Å²) in [5.41, 5.74) is 4.07. The number of amides is 1. The van der Waals surface area contributed by atoms with Crippen molar-refractivity contribution in [2.24, 2.45) is 0 Å². The number of pyridine rings is 3. The Hall–Kier alpha value is -3.60. The molecular weight excluding hydrogens is 324 g/mol. The van der Waals surface area contributed by atoms with Crippen molar-refractivity contribution in [3.05, 3.63) is 90.6 Å². The van der Waals surface area contributed by atoms with E-state index in [1.165, 1.54) is 0 Å². The Kier molecular flexibility index (Phi) is 4.35. The number of hydrogen-bond donors (Lipinski definition) is 1. The molecule has 0 fully saturated rings. The fourth-order valence-corrected chi connectivity index (χ4v) is 2.77. The summed E-state index contributed by atoms with van der Waals surface area (Å²) < 4.78 is 0. The quantitative estimate of drug-likeness (QED) is 0.616. The number of nitrogens with one attached hydrogen (secondary N) is 1. The lowest BCUT2D eigenvalue weighted by molar-refractivity contribution is 0.0946. The maximum absolute atomic E-state index is 12.5. The number of carbonyl (C=O) groups excluding carboxylic acids is 1. The Morgan fingerprint density at radius 3 is 2.50 bits per heavy atom. The second kappa shape index (κ2) is 7.11. The highest BCUT2D eigenvalue weighted by molar-refractivity contribution is 5.98. The average Bonchev–Trinajstić information content (AvgIpc) is 2.72. The minimum absolute atomic E-state index is 0.209. The van der Waals surface area contributed by atoms with Crippen LogP contribution in [0.25, 0.3) is 22.0 Å². The molecule has 4 aromatic rings. The third-order valence-electron chi connectivity index (χ3n) is 4.12. The summed E-state index contributed by atoms with van der Waals surface area (Å²) in [5, 5.41) is 3.79. The van der Waals surface area contributed by atoms with Crippen LogP contribution in [0.2, 0.25) is 0 Å². The van der Waals surface area contributed by atoms with Crippen molar-refractivity contribution in [3.63, 3.8) is 0 Å². The van der Waals surface area contributed by atoms with Gasteiger partial charge in [-0.05, 0) is 35.4 Å². The molecule has 0 unspecified atom stereocenters. The lowest BCUT2D eigenvalue weighted by Gasteiger charge is -2.08. The molecule has 0 aliphatic carbocycles. The van der Waals surface area contributed by atoms with Gasteiger partial charge in [-0.15, -0.1) is 0 Å². The molecule has 3 aromatic heterocycles. The summed E-state index contributed by atoms with van der Waals surface area (Å²) in [6.45, 7) is 0.433. The van der Waals surface area contributed by atoms with Crippen molar-refractivity contribution in [1.82, 2.24) is 20.3 Å². The van der Waals surface area contributed by atoms with E-state index < -0.39 is 0 Å². The predicted molar refractivity (Wildman–Crippen MR) is 100 cm³/mol. The van der Waals surface area contributed by atoms with Gasteiger partial charge in [0.05, 0.1) is 5.52 Å². The molecule has 5 nitrogen and oxygen atoms in total. The molecule has 26 heavy (non-hydrogen) atoms. The minimum atomic E-state index is -0.209. The number of hydrogen-bond acceptors (Lipinski definition) is 4. The Morgan fingerprint density at radius 2 is 1.69 bits per heavy atom. The van der Waals surface area contributed by atoms with Gasteiger partial charge in [-0.3, -0.25) is 14.8 Å². The fraction of sp³-hybridized carbons (Fsp3) is 0.0476. The molecule has 3 heterocycles. The molecule has 126 valence electrons. The van der Waals surface area contributed by atoms with Crippen molar-refractivity contribution >= 4 is 16.8 Å². The van der Waals surface area contributed by atoms with Gasteiger partial charge in [0.1, 0.15) is 5.69 Å². The SMILES string of the molecule is O=C(NCc1ccncc1)c1ccc2cncc(-c3ccccc3)c2n1. The van der Waals surface area contributed by atoms with Crippen molar-refractivity contribution < 1.29 is 4.79 Å². The van der Waals surface area contributed by atoms with Crippen LogP contribution in [-0.2, 0) is 6.54 Å². The van der Waals surface area contributed by atoms with E-state index in [4.69, 9.17) is 0 Å². The fourth-order valence-electron chi connectivity index (χ4n) is 2.77. The maximum atomic E-state index is 12.5. The first-order valence-electron chi connectivity index (χ1n) is 8.28. The molecule has 0 radical (unpaired) electrons. The van der Waals surface area contributed by atoms with Crippen LogP contribution in [-0.4, -0.2) is 20.9 Å². The number of rotatable bonds is 4. The zero-order valence-corrected chi connectivity index (χ0v) is 14.0. The first kappa shape index (κ1) is 15.9. The molecule has 0 saturated carbocycles. The normalized spacial score (nSPS) is 10.6. The summed E-state index contributed by atoms with van der Waals surface area (Å²) in [5.74, 6) is -0.209. The number of aromatic nitrogens is 3. The van der Waals surface area contributed by atoms with E-state index in [-0.39, 0.29) is 5.91 Å². The molecule has 0 spiro atoms. The Labute approximate surface area is 150 Å². The maximum Gasteiger partial charge on any atom is 0.270 e. The zero-order chi connectivity index (χ0) is 17.8. The topological polar surface area (TPSA) is 67.8 Å². The van der Waals surface area contributed by atoms with Crippen LogP contribution < -0.4 is 5.32 Å². The Bertz CT molecular complexity index is 1050. The van der Waals surface area contributed by atoms with E-state index in [2.05, 4.69) is 20.3 Å².